The Bertz CT molecular complexity index is 1490. The number of carboxylic acid groups (broad SMARTS) is 1. The number of hydrogen-bond donors (Lipinski definition) is 3. The Labute approximate surface area is 263 Å². The fraction of sp³-hybridized carbons (Fsp3) is 0.500. The molecule has 3 saturated heterocycles. The van der Waals surface area contributed by atoms with Crippen LogP contribution in [-0.2, 0) is 0 Å². The number of aromatic nitrogens is 2. The minimum absolute atomic E-state index is 0.227. The van der Waals surface area contributed by atoms with Crippen LogP contribution in [0.2, 0.25) is 0 Å². The van der Waals surface area contributed by atoms with Gasteiger partial charge in [-0.05, 0) is 101 Å². The van der Waals surface area contributed by atoms with Crippen LogP contribution in [0.1, 0.15) is 48.5 Å². The lowest BCUT2D eigenvalue weighted by Gasteiger charge is -2.45. The van der Waals surface area contributed by atoms with Crippen molar-refractivity contribution in [3.05, 3.63) is 60.2 Å². The molecule has 11 nitrogen and oxygen atoms in total. The summed E-state index contributed by atoms with van der Waals surface area (Å²) in [4.78, 5) is 30.5. The van der Waals surface area contributed by atoms with Crippen molar-refractivity contribution in [2.75, 3.05) is 57.7 Å². The summed E-state index contributed by atoms with van der Waals surface area (Å²) in [6, 6.07) is 18.2. The lowest BCUT2D eigenvalue weighted by molar-refractivity contribution is 0.0354. The van der Waals surface area contributed by atoms with Crippen molar-refractivity contribution in [2.45, 2.75) is 44.2 Å². The van der Waals surface area contributed by atoms with Crippen molar-refractivity contribution >= 4 is 17.8 Å². The highest BCUT2D eigenvalue weighted by molar-refractivity contribution is 6.03. The number of nitrogens with zero attached hydrogens (tertiary/aromatic N) is 5. The summed E-state index contributed by atoms with van der Waals surface area (Å²) < 4.78 is 8.01. The normalized spacial score (nSPS) is 22.0. The highest BCUT2D eigenvalue weighted by Gasteiger charge is 2.37. The molecule has 0 spiro atoms. The number of nitrogens with one attached hydrogen (secondary N) is 1. The third-order valence-corrected chi connectivity index (χ3v) is 10.2. The van der Waals surface area contributed by atoms with E-state index in [-0.39, 0.29) is 6.04 Å². The van der Waals surface area contributed by atoms with Crippen LogP contribution in [0.5, 0.6) is 11.5 Å². The standard InChI is InChI=1S/C34H43N7O4/c35-32(42)30-31(25-6-8-28(9-7-25)45-27-4-2-1-3-5-27)37-41-29(10-15-36-33(30)41)24-11-18-39(19-12-24)26-13-16-38(17-14-26)20-23-21-40(22-23)34(43)44/h1-9,23-24,26,29,36H,10-22H2,(H2,35,42)(H,43,44)/t29-/m0/s1. The van der Waals surface area contributed by atoms with Gasteiger partial charge in [0.15, 0.2) is 0 Å². The number of anilines is 1. The molecule has 4 aliphatic heterocycles. The van der Waals surface area contributed by atoms with Gasteiger partial charge in [-0.15, -0.1) is 0 Å². The summed E-state index contributed by atoms with van der Waals surface area (Å²) in [5, 5.41) is 17.6. The third kappa shape index (κ3) is 6.24. The number of hydrogen-bond acceptors (Lipinski definition) is 7. The molecule has 0 radical (unpaired) electrons. The average molecular weight is 614 g/mol. The molecule has 7 rings (SSSR count). The molecule has 2 aromatic carbocycles. The van der Waals surface area contributed by atoms with E-state index in [0.717, 1.165) is 75.7 Å². The monoisotopic (exact) mass is 613 g/mol. The number of carbonyl (C=O) groups excluding carboxylic acids is 1. The van der Waals surface area contributed by atoms with Gasteiger partial charge in [-0.1, -0.05) is 18.2 Å². The van der Waals surface area contributed by atoms with E-state index in [9.17, 15) is 9.59 Å². The lowest BCUT2D eigenvalue weighted by atomic mass is 9.85. The van der Waals surface area contributed by atoms with Crippen molar-refractivity contribution in [1.29, 1.82) is 0 Å². The van der Waals surface area contributed by atoms with Crippen LogP contribution in [0.3, 0.4) is 0 Å². The van der Waals surface area contributed by atoms with E-state index in [4.69, 9.17) is 20.7 Å². The Morgan fingerprint density at radius 1 is 0.911 bits per heavy atom. The third-order valence-electron chi connectivity index (χ3n) is 10.2. The van der Waals surface area contributed by atoms with Crippen LogP contribution in [0.15, 0.2) is 54.6 Å². The highest BCUT2D eigenvalue weighted by Crippen LogP contribution is 2.40. The number of likely N-dealkylation sites (tertiary alicyclic amines) is 3. The second-order valence-corrected chi connectivity index (χ2v) is 13.1. The molecule has 4 aliphatic rings. The molecule has 0 unspecified atom stereocenters. The zero-order valence-electron chi connectivity index (χ0n) is 25.7. The topological polar surface area (TPSA) is 129 Å². The molecule has 3 fully saturated rings. The molecule has 0 aliphatic carbocycles. The van der Waals surface area contributed by atoms with Crippen molar-refractivity contribution in [1.82, 2.24) is 24.5 Å². The molecule has 0 saturated carbocycles. The van der Waals surface area contributed by atoms with E-state index in [0.29, 0.717) is 48.0 Å². The number of carbonyl (C=O) groups is 2. The van der Waals surface area contributed by atoms with Gasteiger partial charge in [-0.25, -0.2) is 9.48 Å². The number of ether oxygens (including phenoxy) is 1. The van der Waals surface area contributed by atoms with Gasteiger partial charge in [0.25, 0.3) is 5.91 Å². The summed E-state index contributed by atoms with van der Waals surface area (Å²) in [6.45, 7) is 7.53. The first-order chi connectivity index (χ1) is 21.9. The smallest absolute Gasteiger partial charge is 0.407 e. The molecule has 45 heavy (non-hydrogen) atoms. The Balaban J connectivity index is 0.975. The van der Waals surface area contributed by atoms with Crippen LogP contribution in [0.25, 0.3) is 11.3 Å². The quantitative estimate of drug-likeness (QED) is 0.337. The Kier molecular flexibility index (Phi) is 8.37. The van der Waals surface area contributed by atoms with Crippen molar-refractivity contribution < 1.29 is 19.4 Å². The first kappa shape index (κ1) is 29.6. The number of benzene rings is 2. The highest BCUT2D eigenvalue weighted by atomic mass is 16.5. The van der Waals surface area contributed by atoms with Gasteiger partial charge >= 0.3 is 6.09 Å². The van der Waals surface area contributed by atoms with Crippen molar-refractivity contribution in [3.8, 4) is 22.8 Å². The number of primary amides is 1. The largest absolute Gasteiger partial charge is 0.465 e. The van der Waals surface area contributed by atoms with Crippen LogP contribution >= 0.6 is 0 Å². The molecule has 1 atom stereocenters. The fourth-order valence-electron chi connectivity index (χ4n) is 7.82. The fourth-order valence-corrected chi connectivity index (χ4v) is 7.82. The zero-order valence-corrected chi connectivity index (χ0v) is 25.7. The molecule has 238 valence electrons. The van der Waals surface area contributed by atoms with Crippen LogP contribution in [0, 0.1) is 11.8 Å². The van der Waals surface area contributed by atoms with E-state index >= 15 is 0 Å². The second kappa shape index (κ2) is 12.7. The minimum Gasteiger partial charge on any atom is -0.465 e. The van der Waals surface area contributed by atoms with Gasteiger partial charge in [0.05, 0.1) is 6.04 Å². The van der Waals surface area contributed by atoms with Gasteiger partial charge in [0.2, 0.25) is 0 Å². The molecule has 0 bridgehead atoms. The van der Waals surface area contributed by atoms with E-state index in [2.05, 4.69) is 19.8 Å². The molecular weight excluding hydrogens is 570 g/mol. The maximum absolute atomic E-state index is 12.7. The Hall–Kier alpha value is -4.09. The van der Waals surface area contributed by atoms with Crippen LogP contribution in [0.4, 0.5) is 10.6 Å². The maximum Gasteiger partial charge on any atom is 0.407 e. The van der Waals surface area contributed by atoms with E-state index in [1.54, 1.807) is 0 Å². The predicted molar refractivity (Wildman–Crippen MR) is 172 cm³/mol. The van der Waals surface area contributed by atoms with Crippen molar-refractivity contribution in [3.63, 3.8) is 0 Å². The Morgan fingerprint density at radius 3 is 2.27 bits per heavy atom. The number of nitrogens with two attached hydrogens (primary N) is 1. The number of rotatable bonds is 8. The molecule has 11 heteroatoms. The minimum atomic E-state index is -0.796. The number of amides is 2. The van der Waals surface area contributed by atoms with Gasteiger partial charge in [-0.2, -0.15) is 5.10 Å². The van der Waals surface area contributed by atoms with E-state index < -0.39 is 12.0 Å². The van der Waals surface area contributed by atoms with Gasteiger partial charge < -0.3 is 35.6 Å². The van der Waals surface area contributed by atoms with Crippen molar-refractivity contribution in [2.24, 2.45) is 17.6 Å². The number of fused-ring (bicyclic) bond motifs is 1. The second-order valence-electron chi connectivity index (χ2n) is 13.1. The molecular formula is C34H43N7O4. The SMILES string of the molecule is NC(=O)c1c(-c2ccc(Oc3ccccc3)cc2)nn2c1NCC[C@H]2C1CCN(C2CCN(CC3CN(C(=O)O)C3)CC2)CC1. The van der Waals surface area contributed by atoms with Crippen LogP contribution in [-0.4, -0.2) is 100.0 Å². The maximum atomic E-state index is 12.7. The summed E-state index contributed by atoms with van der Waals surface area (Å²) in [7, 11) is 0. The molecule has 5 heterocycles. The molecule has 3 aromatic rings. The first-order valence-electron chi connectivity index (χ1n) is 16.4. The van der Waals surface area contributed by atoms with E-state index in [1.807, 2.05) is 54.6 Å². The summed E-state index contributed by atoms with van der Waals surface area (Å²) in [5.74, 6) is 2.73. The van der Waals surface area contributed by atoms with Gasteiger partial charge in [0.1, 0.15) is 28.6 Å². The average Bonchev–Trinajstić information content (AvgIpc) is 3.44. The summed E-state index contributed by atoms with van der Waals surface area (Å²) in [5.41, 5.74) is 7.86. The Morgan fingerprint density at radius 2 is 1.60 bits per heavy atom. The van der Waals surface area contributed by atoms with Crippen LogP contribution < -0.4 is 15.8 Å². The number of para-hydroxylation sites is 1. The summed E-state index contributed by atoms with van der Waals surface area (Å²) in [6.07, 6.45) is 4.76. The van der Waals surface area contributed by atoms with E-state index in [1.165, 1.54) is 17.7 Å². The van der Waals surface area contributed by atoms with Gasteiger partial charge in [0, 0.05) is 43.7 Å². The zero-order chi connectivity index (χ0) is 30.9. The van der Waals surface area contributed by atoms with Gasteiger partial charge in [-0.3, -0.25) is 4.79 Å². The first-order valence-corrected chi connectivity index (χ1v) is 16.4. The lowest BCUT2D eigenvalue weighted by Crippen LogP contribution is -2.55. The summed E-state index contributed by atoms with van der Waals surface area (Å²) >= 11 is 0. The number of piperidine rings is 2. The predicted octanol–water partition coefficient (Wildman–Crippen LogP) is 4.58. The molecule has 2 amide bonds. The molecule has 1 aromatic heterocycles. The molecule has 4 N–H and O–H groups in total.